The van der Waals surface area contributed by atoms with Gasteiger partial charge in [0, 0.05) is 30.9 Å². The van der Waals surface area contributed by atoms with Gasteiger partial charge in [0.15, 0.2) is 0 Å². The van der Waals surface area contributed by atoms with E-state index in [1.807, 2.05) is 42.5 Å². The zero-order valence-corrected chi connectivity index (χ0v) is 19.5. The Bertz CT molecular complexity index is 1170. The van der Waals surface area contributed by atoms with Crippen LogP contribution in [0.3, 0.4) is 0 Å². The molecule has 1 saturated heterocycles. The molecule has 3 amide bonds. The Balaban J connectivity index is 1.34. The number of nitrogens with one attached hydrogen (secondary N) is 2. The fourth-order valence-corrected chi connectivity index (χ4v) is 4.50. The maximum atomic E-state index is 13.0. The highest BCUT2D eigenvalue weighted by Crippen LogP contribution is 2.22. The van der Waals surface area contributed by atoms with Crippen molar-refractivity contribution in [2.24, 2.45) is 5.92 Å². The molecule has 1 aliphatic heterocycles. The Hall–Kier alpha value is -3.79. The van der Waals surface area contributed by atoms with Gasteiger partial charge in [0.2, 0.25) is 15.9 Å². The molecular weight excluding hydrogens is 454 g/mol. The molecule has 0 saturated carbocycles. The third-order valence-corrected chi connectivity index (χ3v) is 6.47. The number of amides is 3. The lowest BCUT2D eigenvalue weighted by Crippen LogP contribution is -2.45. The number of benzene rings is 2. The van der Waals surface area contributed by atoms with Crippen LogP contribution < -0.4 is 15.4 Å². The molecule has 3 aromatic rings. The summed E-state index contributed by atoms with van der Waals surface area (Å²) in [4.78, 5) is 39.8. The van der Waals surface area contributed by atoms with Crippen LogP contribution in [0.15, 0.2) is 54.6 Å². The van der Waals surface area contributed by atoms with Gasteiger partial charge in [-0.2, -0.15) is 0 Å². The number of piperidine rings is 1. The van der Waals surface area contributed by atoms with E-state index < -0.39 is 5.91 Å². The van der Waals surface area contributed by atoms with E-state index in [0.29, 0.717) is 43.9 Å². The first-order valence-corrected chi connectivity index (χ1v) is 11.8. The summed E-state index contributed by atoms with van der Waals surface area (Å²) in [6.07, 6.45) is 1.40. The molecule has 0 bridgehead atoms. The lowest BCUT2D eigenvalue weighted by Gasteiger charge is -2.31. The smallest absolute Gasteiger partial charge is 0.286 e. The predicted octanol–water partition coefficient (Wildman–Crippen LogP) is 2.97. The minimum absolute atomic E-state index is 0.107. The molecule has 34 heavy (non-hydrogen) atoms. The van der Waals surface area contributed by atoms with Crippen molar-refractivity contribution in [2.45, 2.75) is 19.4 Å². The van der Waals surface area contributed by atoms with E-state index in [1.54, 1.807) is 24.1 Å². The van der Waals surface area contributed by atoms with E-state index in [1.165, 1.54) is 0 Å². The average Bonchev–Trinajstić information content (AvgIpc) is 3.38. The number of aromatic nitrogens is 2. The third kappa shape index (κ3) is 5.57. The normalized spacial score (nSPS) is 15.4. The van der Waals surface area contributed by atoms with Crippen molar-refractivity contribution in [3.05, 3.63) is 70.2 Å². The number of nitrogens with zero attached hydrogens (tertiary/aromatic N) is 3. The van der Waals surface area contributed by atoms with Crippen LogP contribution in [0.2, 0.25) is 0 Å². The van der Waals surface area contributed by atoms with E-state index in [9.17, 15) is 14.4 Å². The minimum Gasteiger partial charge on any atom is -0.496 e. The summed E-state index contributed by atoms with van der Waals surface area (Å²) in [5.41, 5.74) is 1.52. The average molecular weight is 480 g/mol. The van der Waals surface area contributed by atoms with Crippen LogP contribution in [-0.4, -0.2) is 53.0 Å². The summed E-state index contributed by atoms with van der Waals surface area (Å²) in [5.74, 6) is -0.454. The molecule has 0 aliphatic carbocycles. The highest BCUT2D eigenvalue weighted by Gasteiger charge is 2.31. The number of likely N-dealkylation sites (tertiary alicyclic amines) is 1. The molecule has 176 valence electrons. The van der Waals surface area contributed by atoms with Gasteiger partial charge in [0.1, 0.15) is 5.75 Å². The first kappa shape index (κ1) is 23.4. The quantitative estimate of drug-likeness (QED) is 0.539. The number of methoxy groups -OCH3 is 1. The number of rotatable bonds is 7. The van der Waals surface area contributed by atoms with Gasteiger partial charge in [-0.15, -0.1) is 10.2 Å². The molecule has 9 nitrogen and oxygen atoms in total. The summed E-state index contributed by atoms with van der Waals surface area (Å²) in [6.45, 7) is 1.17. The number of para-hydroxylation sites is 2. The van der Waals surface area contributed by atoms with E-state index in [2.05, 4.69) is 20.8 Å². The standard InChI is InChI=1S/C24H25N5O4S/c1-33-19-12-6-5-8-16(19)14-25-20(30)17-9-7-13-29(15-17)24(32)23-28-27-22(34-23)21(31)26-18-10-3-2-4-11-18/h2-6,8,10-12,17H,7,9,13-15H2,1H3,(H,25,30)(H,26,31). The van der Waals surface area contributed by atoms with Crippen LogP contribution in [0, 0.1) is 5.92 Å². The number of hydrogen-bond donors (Lipinski definition) is 2. The van der Waals surface area contributed by atoms with Crippen LogP contribution in [0.4, 0.5) is 5.69 Å². The Kier molecular flexibility index (Phi) is 7.48. The number of carbonyl (C=O) groups excluding carboxylic acids is 3. The van der Waals surface area contributed by atoms with Gasteiger partial charge in [-0.05, 0) is 31.0 Å². The van der Waals surface area contributed by atoms with Gasteiger partial charge in [-0.1, -0.05) is 47.7 Å². The predicted molar refractivity (Wildman–Crippen MR) is 128 cm³/mol. The molecule has 1 aromatic heterocycles. The molecule has 2 N–H and O–H groups in total. The molecule has 1 fully saturated rings. The second kappa shape index (κ2) is 10.9. The van der Waals surface area contributed by atoms with Crippen LogP contribution in [0.1, 0.15) is 38.0 Å². The molecule has 1 unspecified atom stereocenters. The van der Waals surface area contributed by atoms with Crippen molar-refractivity contribution in [1.82, 2.24) is 20.4 Å². The molecule has 10 heteroatoms. The molecule has 0 radical (unpaired) electrons. The lowest BCUT2D eigenvalue weighted by molar-refractivity contribution is -0.126. The number of hydrogen-bond acceptors (Lipinski definition) is 7. The second-order valence-electron chi connectivity index (χ2n) is 7.85. The van der Waals surface area contributed by atoms with Crippen molar-refractivity contribution < 1.29 is 19.1 Å². The zero-order valence-electron chi connectivity index (χ0n) is 18.7. The first-order valence-electron chi connectivity index (χ1n) is 10.9. The first-order chi connectivity index (χ1) is 16.5. The molecule has 1 atom stereocenters. The molecule has 2 heterocycles. The van der Waals surface area contributed by atoms with Crippen molar-refractivity contribution in [2.75, 3.05) is 25.5 Å². The van der Waals surface area contributed by atoms with Gasteiger partial charge in [0.05, 0.1) is 13.0 Å². The Labute approximate surface area is 201 Å². The SMILES string of the molecule is COc1ccccc1CNC(=O)C1CCCN(C(=O)c2nnc(C(=O)Nc3ccccc3)s2)C1. The maximum absolute atomic E-state index is 13.0. The number of carbonyl (C=O) groups is 3. The molecule has 4 rings (SSSR count). The van der Waals surface area contributed by atoms with E-state index in [0.717, 1.165) is 16.9 Å². The van der Waals surface area contributed by atoms with Crippen molar-refractivity contribution >= 4 is 34.7 Å². The number of anilines is 1. The fourth-order valence-electron chi connectivity index (χ4n) is 3.79. The Morgan fingerprint density at radius 3 is 2.59 bits per heavy atom. The monoisotopic (exact) mass is 479 g/mol. The summed E-state index contributed by atoms with van der Waals surface area (Å²) in [7, 11) is 1.59. The summed E-state index contributed by atoms with van der Waals surface area (Å²) in [5, 5.41) is 13.7. The fraction of sp³-hybridized carbons (Fsp3) is 0.292. The van der Waals surface area contributed by atoms with Crippen LogP contribution in [-0.2, 0) is 11.3 Å². The highest BCUT2D eigenvalue weighted by molar-refractivity contribution is 7.15. The van der Waals surface area contributed by atoms with Crippen molar-refractivity contribution in [3.63, 3.8) is 0 Å². The Morgan fingerprint density at radius 1 is 1.06 bits per heavy atom. The molecule has 2 aromatic carbocycles. The van der Waals surface area contributed by atoms with Gasteiger partial charge in [-0.25, -0.2) is 0 Å². The largest absolute Gasteiger partial charge is 0.496 e. The van der Waals surface area contributed by atoms with Crippen LogP contribution >= 0.6 is 11.3 Å². The van der Waals surface area contributed by atoms with Gasteiger partial charge < -0.3 is 20.3 Å². The minimum atomic E-state index is -0.421. The zero-order chi connectivity index (χ0) is 23.9. The van der Waals surface area contributed by atoms with E-state index in [4.69, 9.17) is 4.74 Å². The van der Waals surface area contributed by atoms with Crippen molar-refractivity contribution in [3.8, 4) is 5.75 Å². The molecule has 1 aliphatic rings. The summed E-state index contributed by atoms with van der Waals surface area (Å²) >= 11 is 0.943. The second-order valence-corrected chi connectivity index (χ2v) is 8.83. The maximum Gasteiger partial charge on any atom is 0.286 e. The molecule has 0 spiro atoms. The van der Waals surface area contributed by atoms with Crippen molar-refractivity contribution in [1.29, 1.82) is 0 Å². The van der Waals surface area contributed by atoms with Crippen LogP contribution in [0.25, 0.3) is 0 Å². The topological polar surface area (TPSA) is 114 Å². The third-order valence-electron chi connectivity index (χ3n) is 5.56. The molecular formula is C24H25N5O4S. The highest BCUT2D eigenvalue weighted by atomic mass is 32.1. The summed E-state index contributed by atoms with van der Waals surface area (Å²) in [6, 6.07) is 16.5. The van der Waals surface area contributed by atoms with Gasteiger partial charge in [0.25, 0.3) is 11.8 Å². The van der Waals surface area contributed by atoms with Gasteiger partial charge >= 0.3 is 0 Å². The lowest BCUT2D eigenvalue weighted by atomic mass is 9.97. The van der Waals surface area contributed by atoms with E-state index >= 15 is 0 Å². The number of ether oxygens (including phenoxy) is 1. The van der Waals surface area contributed by atoms with Crippen LogP contribution in [0.5, 0.6) is 5.75 Å². The summed E-state index contributed by atoms with van der Waals surface area (Å²) < 4.78 is 5.33. The van der Waals surface area contributed by atoms with E-state index in [-0.39, 0.29) is 27.7 Å². The van der Waals surface area contributed by atoms with Gasteiger partial charge in [-0.3, -0.25) is 14.4 Å². The Morgan fingerprint density at radius 2 is 1.79 bits per heavy atom.